The van der Waals surface area contributed by atoms with Crippen molar-refractivity contribution in [1.29, 1.82) is 0 Å². The van der Waals surface area contributed by atoms with Crippen LogP contribution in [0.4, 0.5) is 4.39 Å². The van der Waals surface area contributed by atoms with E-state index < -0.39 is 23.7 Å². The van der Waals surface area contributed by atoms with Crippen LogP contribution >= 0.6 is 11.6 Å². The number of rotatable bonds is 3. The number of carboxylic acids is 1. The largest absolute Gasteiger partial charge is 0.480 e. The number of hydrogen-bond donors (Lipinski definition) is 2. The number of carboxylic acid groups (broad SMARTS) is 1. The fourth-order valence-electron chi connectivity index (χ4n) is 1.02. The monoisotopic (exact) mass is 245 g/mol. The van der Waals surface area contributed by atoms with Crippen LogP contribution in [0.25, 0.3) is 0 Å². The smallest absolute Gasteiger partial charge is 0.325 e. The van der Waals surface area contributed by atoms with Gasteiger partial charge in [-0.15, -0.1) is 0 Å². The van der Waals surface area contributed by atoms with Crippen LogP contribution in [0, 0.1) is 5.82 Å². The topological polar surface area (TPSA) is 66.4 Å². The third-order valence-electron chi connectivity index (χ3n) is 1.91. The predicted octanol–water partition coefficient (Wildman–Crippen LogP) is 1.68. The molecule has 0 saturated heterocycles. The van der Waals surface area contributed by atoms with Crippen molar-refractivity contribution < 1.29 is 19.1 Å². The summed E-state index contributed by atoms with van der Waals surface area (Å²) in [5.74, 6) is -2.87. The van der Waals surface area contributed by atoms with Crippen LogP contribution in [0.15, 0.2) is 18.2 Å². The fraction of sp³-hybridized carbons (Fsp3) is 0.200. The highest BCUT2D eigenvalue weighted by molar-refractivity contribution is 6.31. The third kappa shape index (κ3) is 2.70. The molecule has 0 fully saturated rings. The lowest BCUT2D eigenvalue weighted by Crippen LogP contribution is -2.38. The van der Waals surface area contributed by atoms with E-state index in [2.05, 4.69) is 5.32 Å². The molecule has 0 aliphatic heterocycles. The van der Waals surface area contributed by atoms with Crippen molar-refractivity contribution in [3.8, 4) is 0 Å². The summed E-state index contributed by atoms with van der Waals surface area (Å²) in [5, 5.41) is 10.5. The lowest BCUT2D eigenvalue weighted by molar-refractivity contribution is -0.138. The van der Waals surface area contributed by atoms with Gasteiger partial charge in [-0.05, 0) is 19.1 Å². The first-order valence-electron chi connectivity index (χ1n) is 4.41. The maximum Gasteiger partial charge on any atom is 0.325 e. The first-order valence-corrected chi connectivity index (χ1v) is 4.79. The third-order valence-corrected chi connectivity index (χ3v) is 2.21. The highest BCUT2D eigenvalue weighted by Crippen LogP contribution is 2.17. The van der Waals surface area contributed by atoms with Crippen molar-refractivity contribution in [2.24, 2.45) is 0 Å². The van der Waals surface area contributed by atoms with Crippen molar-refractivity contribution in [1.82, 2.24) is 5.32 Å². The minimum Gasteiger partial charge on any atom is -0.480 e. The highest BCUT2D eigenvalue weighted by Gasteiger charge is 2.18. The standard InChI is InChI=1S/C10H9ClFNO3/c1-5(10(15)16)13-9(14)6-3-2-4-7(11)8(6)12/h2-5H,1H3,(H,13,14)(H,15,16)/t5-/m0/s1. The van der Waals surface area contributed by atoms with Gasteiger partial charge >= 0.3 is 5.97 Å². The van der Waals surface area contributed by atoms with Gasteiger partial charge < -0.3 is 10.4 Å². The van der Waals surface area contributed by atoms with Gasteiger partial charge in [0, 0.05) is 0 Å². The van der Waals surface area contributed by atoms with Gasteiger partial charge in [-0.2, -0.15) is 0 Å². The number of carbonyl (C=O) groups excluding carboxylic acids is 1. The van der Waals surface area contributed by atoms with Crippen LogP contribution in [-0.2, 0) is 4.79 Å². The number of aliphatic carboxylic acids is 1. The SMILES string of the molecule is C[C@H](NC(=O)c1cccc(Cl)c1F)C(=O)O. The second-order valence-electron chi connectivity index (χ2n) is 3.13. The fourth-order valence-corrected chi connectivity index (χ4v) is 1.19. The molecule has 1 aromatic rings. The van der Waals surface area contributed by atoms with E-state index >= 15 is 0 Å². The quantitative estimate of drug-likeness (QED) is 0.852. The molecule has 0 spiro atoms. The van der Waals surface area contributed by atoms with Crippen molar-refractivity contribution in [2.45, 2.75) is 13.0 Å². The first-order chi connectivity index (χ1) is 7.43. The number of nitrogens with one attached hydrogen (secondary N) is 1. The van der Waals surface area contributed by atoms with Gasteiger partial charge in [-0.1, -0.05) is 17.7 Å². The van der Waals surface area contributed by atoms with Gasteiger partial charge in [0.25, 0.3) is 5.91 Å². The Bertz CT molecular complexity index is 436. The lowest BCUT2D eigenvalue weighted by atomic mass is 10.2. The van der Waals surface area contributed by atoms with Gasteiger partial charge in [0.2, 0.25) is 0 Å². The van der Waals surface area contributed by atoms with E-state index in [0.717, 1.165) is 0 Å². The Hall–Kier alpha value is -1.62. The van der Waals surface area contributed by atoms with Gasteiger partial charge in [-0.25, -0.2) is 4.39 Å². The Morgan fingerprint density at radius 3 is 2.69 bits per heavy atom. The number of benzene rings is 1. The molecule has 1 aromatic carbocycles. The summed E-state index contributed by atoms with van der Waals surface area (Å²) in [6.45, 7) is 1.28. The van der Waals surface area contributed by atoms with Crippen LogP contribution in [-0.4, -0.2) is 23.0 Å². The Morgan fingerprint density at radius 1 is 1.50 bits per heavy atom. The molecule has 1 atom stereocenters. The number of halogens is 2. The Kier molecular flexibility index (Phi) is 3.84. The summed E-state index contributed by atoms with van der Waals surface area (Å²) < 4.78 is 13.4. The summed E-state index contributed by atoms with van der Waals surface area (Å²) in [5.41, 5.74) is -0.277. The Labute approximate surface area is 96.0 Å². The highest BCUT2D eigenvalue weighted by atomic mass is 35.5. The summed E-state index contributed by atoms with van der Waals surface area (Å²) in [7, 11) is 0. The van der Waals surface area contributed by atoms with E-state index in [1.54, 1.807) is 0 Å². The molecule has 0 aliphatic carbocycles. The molecular formula is C10H9ClFNO3. The number of amides is 1. The number of hydrogen-bond acceptors (Lipinski definition) is 2. The van der Waals surface area contributed by atoms with Crippen molar-refractivity contribution in [2.75, 3.05) is 0 Å². The van der Waals surface area contributed by atoms with Crippen molar-refractivity contribution in [3.05, 3.63) is 34.6 Å². The molecule has 16 heavy (non-hydrogen) atoms. The van der Waals surface area contributed by atoms with E-state index in [1.807, 2.05) is 0 Å². The molecule has 0 aliphatic rings. The predicted molar refractivity (Wildman–Crippen MR) is 56.0 cm³/mol. The molecule has 6 heteroatoms. The van der Waals surface area contributed by atoms with Gasteiger partial charge in [0.1, 0.15) is 6.04 Å². The Balaban J connectivity index is 2.89. The molecular weight excluding hydrogens is 237 g/mol. The van der Waals surface area contributed by atoms with E-state index in [-0.39, 0.29) is 10.6 Å². The molecule has 0 radical (unpaired) electrons. The molecule has 0 bridgehead atoms. The minimum absolute atomic E-state index is 0.185. The molecule has 86 valence electrons. The van der Waals surface area contributed by atoms with Crippen molar-refractivity contribution >= 4 is 23.5 Å². The maximum absolute atomic E-state index is 13.4. The van der Waals surface area contributed by atoms with Gasteiger partial charge in [0.15, 0.2) is 5.82 Å². The summed E-state index contributed by atoms with van der Waals surface area (Å²) >= 11 is 5.49. The van der Waals surface area contributed by atoms with Crippen LogP contribution < -0.4 is 5.32 Å². The minimum atomic E-state index is -1.20. The normalized spacial score (nSPS) is 11.9. The average molecular weight is 246 g/mol. The van der Waals surface area contributed by atoms with Crippen LogP contribution in [0.5, 0.6) is 0 Å². The molecule has 0 saturated carbocycles. The first kappa shape index (κ1) is 12.4. The maximum atomic E-state index is 13.4. The molecule has 1 amide bonds. The molecule has 4 nitrogen and oxygen atoms in total. The van der Waals surface area contributed by atoms with E-state index in [4.69, 9.17) is 16.7 Å². The molecule has 1 rings (SSSR count). The lowest BCUT2D eigenvalue weighted by Gasteiger charge is -2.09. The van der Waals surface area contributed by atoms with E-state index in [9.17, 15) is 14.0 Å². The Morgan fingerprint density at radius 2 is 2.12 bits per heavy atom. The zero-order valence-corrected chi connectivity index (χ0v) is 9.08. The molecule has 2 N–H and O–H groups in total. The van der Waals surface area contributed by atoms with Gasteiger partial charge in [-0.3, -0.25) is 9.59 Å². The van der Waals surface area contributed by atoms with Crippen molar-refractivity contribution in [3.63, 3.8) is 0 Å². The summed E-state index contributed by atoms with van der Waals surface area (Å²) in [4.78, 5) is 21.9. The zero-order valence-electron chi connectivity index (χ0n) is 8.33. The van der Waals surface area contributed by atoms with Crippen LogP contribution in [0.1, 0.15) is 17.3 Å². The zero-order chi connectivity index (χ0) is 12.3. The average Bonchev–Trinajstić information content (AvgIpc) is 2.21. The summed E-state index contributed by atoms with van der Waals surface area (Å²) in [6.07, 6.45) is 0. The van der Waals surface area contributed by atoms with E-state index in [0.29, 0.717) is 0 Å². The molecule has 0 heterocycles. The number of carbonyl (C=O) groups is 2. The van der Waals surface area contributed by atoms with Crippen LogP contribution in [0.2, 0.25) is 5.02 Å². The van der Waals surface area contributed by atoms with Crippen LogP contribution in [0.3, 0.4) is 0 Å². The molecule has 0 unspecified atom stereocenters. The van der Waals surface area contributed by atoms with Gasteiger partial charge in [0.05, 0.1) is 10.6 Å². The summed E-state index contributed by atoms with van der Waals surface area (Å²) in [6, 6.07) is 2.84. The molecule has 0 aromatic heterocycles. The second kappa shape index (κ2) is 4.94. The second-order valence-corrected chi connectivity index (χ2v) is 3.54. The van der Waals surface area contributed by atoms with E-state index in [1.165, 1.54) is 25.1 Å².